The second-order valence-electron chi connectivity index (χ2n) is 7.08. The lowest BCUT2D eigenvalue weighted by Gasteiger charge is -2.31. The Morgan fingerprint density at radius 3 is 2.96 bits per heavy atom. The molecule has 0 spiro atoms. The zero-order valence-corrected chi connectivity index (χ0v) is 15.2. The monoisotopic (exact) mass is 367 g/mol. The van der Waals surface area contributed by atoms with E-state index >= 15 is 0 Å². The molecule has 3 heterocycles. The highest BCUT2D eigenvalue weighted by atomic mass is 19.1. The van der Waals surface area contributed by atoms with E-state index in [0.29, 0.717) is 23.7 Å². The molecule has 1 aliphatic rings. The Bertz CT molecular complexity index is 995. The molecule has 1 saturated heterocycles. The van der Waals surface area contributed by atoms with Gasteiger partial charge in [-0.3, -0.25) is 9.69 Å². The first-order valence-electron chi connectivity index (χ1n) is 9.22. The topological polar surface area (TPSA) is 62.1 Å². The van der Waals surface area contributed by atoms with Crippen LogP contribution in [0, 0.1) is 12.7 Å². The van der Waals surface area contributed by atoms with E-state index in [1.54, 1.807) is 31.2 Å². The van der Waals surface area contributed by atoms with Crippen LogP contribution in [0.4, 0.5) is 4.39 Å². The number of aromatic nitrogens is 2. The van der Waals surface area contributed by atoms with Gasteiger partial charge in [-0.15, -0.1) is 0 Å². The molecular formula is C21H22FN3O2. The second kappa shape index (κ2) is 7.48. The maximum Gasteiger partial charge on any atom is 0.251 e. The first kappa shape index (κ1) is 17.7. The van der Waals surface area contributed by atoms with Crippen molar-refractivity contribution in [3.63, 3.8) is 0 Å². The third kappa shape index (κ3) is 4.01. The summed E-state index contributed by atoms with van der Waals surface area (Å²) in [7, 11) is 0. The lowest BCUT2D eigenvalue weighted by atomic mass is 9.94. The highest BCUT2D eigenvalue weighted by Gasteiger charge is 2.24. The van der Waals surface area contributed by atoms with Crippen molar-refractivity contribution in [3.8, 4) is 11.3 Å². The summed E-state index contributed by atoms with van der Waals surface area (Å²) in [4.78, 5) is 21.2. The van der Waals surface area contributed by atoms with E-state index in [1.165, 1.54) is 6.07 Å². The van der Waals surface area contributed by atoms with Crippen LogP contribution in [-0.2, 0) is 6.54 Å². The number of nitrogens with one attached hydrogen (secondary N) is 1. The fourth-order valence-electron chi connectivity index (χ4n) is 3.74. The lowest BCUT2D eigenvalue weighted by molar-refractivity contribution is 0.185. The lowest BCUT2D eigenvalue weighted by Crippen LogP contribution is -2.34. The van der Waals surface area contributed by atoms with Gasteiger partial charge >= 0.3 is 0 Å². The Morgan fingerprint density at radius 1 is 1.30 bits per heavy atom. The van der Waals surface area contributed by atoms with Gasteiger partial charge in [-0.05, 0) is 50.6 Å². The van der Waals surface area contributed by atoms with E-state index < -0.39 is 0 Å². The predicted molar refractivity (Wildman–Crippen MR) is 101 cm³/mol. The van der Waals surface area contributed by atoms with Gasteiger partial charge in [0, 0.05) is 18.5 Å². The Balaban J connectivity index is 1.47. The molecule has 140 valence electrons. The highest BCUT2D eigenvalue weighted by molar-refractivity contribution is 5.58. The van der Waals surface area contributed by atoms with Crippen molar-refractivity contribution in [2.24, 2.45) is 0 Å². The number of piperidine rings is 1. The van der Waals surface area contributed by atoms with Crippen LogP contribution in [0.2, 0.25) is 0 Å². The van der Waals surface area contributed by atoms with Crippen LogP contribution >= 0.6 is 0 Å². The number of furan rings is 1. The van der Waals surface area contributed by atoms with Crippen LogP contribution in [0.25, 0.3) is 11.3 Å². The van der Waals surface area contributed by atoms with Gasteiger partial charge in [-0.1, -0.05) is 12.1 Å². The average Bonchev–Trinajstić information content (AvgIpc) is 3.10. The van der Waals surface area contributed by atoms with Crippen molar-refractivity contribution < 1.29 is 8.81 Å². The second-order valence-corrected chi connectivity index (χ2v) is 7.08. The summed E-state index contributed by atoms with van der Waals surface area (Å²) in [6, 6.07) is 11.9. The molecule has 1 fully saturated rings. The van der Waals surface area contributed by atoms with Gasteiger partial charge in [-0.2, -0.15) is 0 Å². The van der Waals surface area contributed by atoms with Gasteiger partial charge in [0.1, 0.15) is 23.2 Å². The molecule has 6 heteroatoms. The van der Waals surface area contributed by atoms with Crippen LogP contribution in [0.15, 0.2) is 51.7 Å². The Labute approximate surface area is 156 Å². The zero-order chi connectivity index (χ0) is 18.8. The molecule has 0 bridgehead atoms. The molecule has 0 saturated carbocycles. The average molecular weight is 367 g/mol. The fourth-order valence-corrected chi connectivity index (χ4v) is 3.74. The van der Waals surface area contributed by atoms with Crippen LogP contribution in [0.3, 0.4) is 0 Å². The molecule has 27 heavy (non-hydrogen) atoms. The molecule has 0 aliphatic carbocycles. The molecule has 3 aromatic rings. The van der Waals surface area contributed by atoms with Crippen molar-refractivity contribution >= 4 is 0 Å². The van der Waals surface area contributed by atoms with E-state index in [-0.39, 0.29) is 17.3 Å². The summed E-state index contributed by atoms with van der Waals surface area (Å²) in [5.41, 5.74) is 1.23. The Hall–Kier alpha value is -2.73. The fraction of sp³-hybridized carbons (Fsp3) is 0.333. The standard InChI is InChI=1S/C21H22FN3O2/c1-14-23-19(11-21(26)24-14)15-5-4-10-25(12-15)13-16-8-9-20(27-16)17-6-2-3-7-18(17)22/h2-3,6-9,11,15H,4-5,10,12-13H2,1H3,(H,23,24,26)/t15-/m0/s1. The number of H-pyrrole nitrogens is 1. The highest BCUT2D eigenvalue weighted by Crippen LogP contribution is 2.28. The smallest absolute Gasteiger partial charge is 0.251 e. The summed E-state index contributed by atoms with van der Waals surface area (Å²) in [5, 5.41) is 0. The van der Waals surface area contributed by atoms with E-state index in [2.05, 4.69) is 14.9 Å². The Morgan fingerprint density at radius 2 is 2.15 bits per heavy atom. The number of benzene rings is 1. The van der Waals surface area contributed by atoms with Crippen LogP contribution in [0.1, 0.15) is 36.0 Å². The zero-order valence-electron chi connectivity index (χ0n) is 15.2. The number of aromatic amines is 1. The first-order valence-corrected chi connectivity index (χ1v) is 9.22. The summed E-state index contributed by atoms with van der Waals surface area (Å²) < 4.78 is 19.8. The number of nitrogens with zero attached hydrogens (tertiary/aromatic N) is 2. The minimum Gasteiger partial charge on any atom is -0.460 e. The molecule has 1 aliphatic heterocycles. The number of likely N-dealkylation sites (tertiary alicyclic amines) is 1. The molecule has 2 aromatic heterocycles. The third-order valence-electron chi connectivity index (χ3n) is 4.98. The molecule has 1 atom stereocenters. The number of rotatable bonds is 4. The molecule has 0 amide bonds. The Kier molecular flexibility index (Phi) is 4.90. The van der Waals surface area contributed by atoms with Crippen molar-refractivity contribution in [2.45, 2.75) is 32.2 Å². The molecule has 4 rings (SSSR count). The van der Waals surface area contributed by atoms with Gasteiger partial charge in [-0.25, -0.2) is 9.37 Å². The maximum atomic E-state index is 13.9. The first-order chi connectivity index (χ1) is 13.1. The number of hydrogen-bond acceptors (Lipinski definition) is 4. The molecular weight excluding hydrogens is 345 g/mol. The predicted octanol–water partition coefficient (Wildman–Crippen LogP) is 3.86. The minimum atomic E-state index is -0.285. The van der Waals surface area contributed by atoms with Gasteiger partial charge in [0.05, 0.1) is 17.8 Å². The quantitative estimate of drug-likeness (QED) is 0.761. The van der Waals surface area contributed by atoms with E-state index in [0.717, 1.165) is 37.4 Å². The largest absolute Gasteiger partial charge is 0.460 e. The van der Waals surface area contributed by atoms with Crippen LogP contribution < -0.4 is 5.56 Å². The summed E-state index contributed by atoms with van der Waals surface area (Å²) >= 11 is 0. The SMILES string of the molecule is Cc1nc([C@H]2CCCN(Cc3ccc(-c4ccccc4F)o3)C2)cc(=O)[nH]1. The van der Waals surface area contributed by atoms with Crippen molar-refractivity contribution in [1.82, 2.24) is 14.9 Å². The third-order valence-corrected chi connectivity index (χ3v) is 4.98. The molecule has 0 radical (unpaired) electrons. The van der Waals surface area contributed by atoms with Crippen molar-refractivity contribution in [1.29, 1.82) is 0 Å². The summed E-state index contributed by atoms with van der Waals surface area (Å²) in [6.07, 6.45) is 2.06. The van der Waals surface area contributed by atoms with E-state index in [1.807, 2.05) is 12.1 Å². The summed E-state index contributed by atoms with van der Waals surface area (Å²) in [5.74, 6) is 1.95. The van der Waals surface area contributed by atoms with Gasteiger partial charge < -0.3 is 9.40 Å². The van der Waals surface area contributed by atoms with Gasteiger partial charge in [0.2, 0.25) is 0 Å². The molecule has 5 nitrogen and oxygen atoms in total. The molecule has 0 unspecified atom stereocenters. The maximum absolute atomic E-state index is 13.9. The number of aryl methyl sites for hydroxylation is 1. The minimum absolute atomic E-state index is 0.102. The van der Waals surface area contributed by atoms with E-state index in [9.17, 15) is 9.18 Å². The van der Waals surface area contributed by atoms with Crippen LogP contribution in [-0.4, -0.2) is 28.0 Å². The van der Waals surface area contributed by atoms with Gasteiger partial charge in [0.25, 0.3) is 5.56 Å². The number of hydrogen-bond donors (Lipinski definition) is 1. The van der Waals surface area contributed by atoms with Crippen LogP contribution in [0.5, 0.6) is 0 Å². The molecule has 1 aromatic carbocycles. The number of halogens is 1. The summed E-state index contributed by atoms with van der Waals surface area (Å²) in [6.45, 7) is 4.26. The van der Waals surface area contributed by atoms with Crippen molar-refractivity contribution in [3.05, 3.63) is 75.9 Å². The molecule has 1 N–H and O–H groups in total. The van der Waals surface area contributed by atoms with E-state index in [4.69, 9.17) is 4.42 Å². The van der Waals surface area contributed by atoms with Gasteiger partial charge in [0.15, 0.2) is 0 Å². The van der Waals surface area contributed by atoms with Crippen molar-refractivity contribution in [2.75, 3.05) is 13.1 Å². The normalized spacial score (nSPS) is 17.9.